The Morgan fingerprint density at radius 3 is 2.59 bits per heavy atom. The summed E-state index contributed by atoms with van der Waals surface area (Å²) in [4.78, 5) is 0. The number of nitrogens with one attached hydrogen (secondary N) is 1. The molecule has 2 atom stereocenters. The van der Waals surface area contributed by atoms with Crippen LogP contribution < -0.4 is 5.32 Å². The van der Waals surface area contributed by atoms with Gasteiger partial charge in [0.15, 0.2) is 0 Å². The quantitative estimate of drug-likeness (QED) is 0.858. The van der Waals surface area contributed by atoms with Gasteiger partial charge in [-0.05, 0) is 30.5 Å². The Morgan fingerprint density at radius 1 is 1.18 bits per heavy atom. The fraction of sp³-hybridized carbons (Fsp3) is 0.429. The Labute approximate surface area is 102 Å². The molecule has 17 heavy (non-hydrogen) atoms. The lowest BCUT2D eigenvalue weighted by molar-refractivity contribution is 0.464. The fourth-order valence-electron chi connectivity index (χ4n) is 2.30. The van der Waals surface area contributed by atoms with Crippen molar-refractivity contribution < 1.29 is 0 Å². The van der Waals surface area contributed by atoms with E-state index in [1.54, 1.807) is 0 Å². The smallest absolute Gasteiger partial charge is 0.0991 e. The van der Waals surface area contributed by atoms with E-state index in [1.165, 1.54) is 0 Å². The van der Waals surface area contributed by atoms with Gasteiger partial charge in [0.2, 0.25) is 0 Å². The summed E-state index contributed by atoms with van der Waals surface area (Å²) in [5, 5.41) is 21.1. The molecule has 1 aromatic carbocycles. The SMILES string of the molecule is N#Cc1ccc(CNC2CCCC2C#N)cc1. The molecule has 1 aromatic rings. The maximum Gasteiger partial charge on any atom is 0.0991 e. The maximum absolute atomic E-state index is 8.98. The zero-order chi connectivity index (χ0) is 12.1. The molecule has 2 unspecified atom stereocenters. The predicted octanol–water partition coefficient (Wildman–Crippen LogP) is 2.34. The van der Waals surface area contributed by atoms with E-state index >= 15 is 0 Å². The summed E-state index contributed by atoms with van der Waals surface area (Å²) in [6, 6.07) is 12.4. The van der Waals surface area contributed by atoms with Crippen molar-refractivity contribution in [1.29, 1.82) is 10.5 Å². The number of rotatable bonds is 3. The van der Waals surface area contributed by atoms with E-state index in [9.17, 15) is 0 Å². The molecule has 2 rings (SSSR count). The third kappa shape index (κ3) is 2.84. The molecule has 3 heteroatoms. The van der Waals surface area contributed by atoms with Gasteiger partial charge in [-0.2, -0.15) is 10.5 Å². The normalized spacial score (nSPS) is 22.9. The lowest BCUT2D eigenvalue weighted by Crippen LogP contribution is -2.31. The molecule has 0 amide bonds. The molecule has 86 valence electrons. The molecular formula is C14H15N3. The van der Waals surface area contributed by atoms with Gasteiger partial charge < -0.3 is 5.32 Å². The highest BCUT2D eigenvalue weighted by molar-refractivity contribution is 5.31. The second kappa shape index (κ2) is 5.48. The molecule has 0 spiro atoms. The van der Waals surface area contributed by atoms with Crippen molar-refractivity contribution >= 4 is 0 Å². The molecule has 0 radical (unpaired) electrons. The van der Waals surface area contributed by atoms with Crippen LogP contribution in [0.3, 0.4) is 0 Å². The van der Waals surface area contributed by atoms with Crippen LogP contribution in [-0.2, 0) is 6.54 Å². The van der Waals surface area contributed by atoms with Crippen molar-refractivity contribution in [2.24, 2.45) is 5.92 Å². The van der Waals surface area contributed by atoms with Crippen LogP contribution in [0.1, 0.15) is 30.4 Å². The van der Waals surface area contributed by atoms with Crippen LogP contribution in [0.2, 0.25) is 0 Å². The first-order valence-corrected chi connectivity index (χ1v) is 5.95. The van der Waals surface area contributed by atoms with E-state index in [0.29, 0.717) is 11.6 Å². The Bertz CT molecular complexity index is 450. The molecule has 1 N–H and O–H groups in total. The maximum atomic E-state index is 8.98. The molecular weight excluding hydrogens is 210 g/mol. The second-order valence-electron chi connectivity index (χ2n) is 4.46. The first kappa shape index (κ1) is 11.6. The van der Waals surface area contributed by atoms with E-state index in [2.05, 4.69) is 17.5 Å². The largest absolute Gasteiger partial charge is 0.309 e. The summed E-state index contributed by atoms with van der Waals surface area (Å²) in [6.45, 7) is 0.772. The highest BCUT2D eigenvalue weighted by Gasteiger charge is 2.26. The summed E-state index contributed by atoms with van der Waals surface area (Å²) in [7, 11) is 0. The number of benzene rings is 1. The van der Waals surface area contributed by atoms with Gasteiger partial charge in [0.25, 0.3) is 0 Å². The van der Waals surface area contributed by atoms with Gasteiger partial charge in [-0.1, -0.05) is 18.6 Å². The number of nitrogens with zero attached hydrogens (tertiary/aromatic N) is 2. The van der Waals surface area contributed by atoms with Crippen LogP contribution in [0.5, 0.6) is 0 Å². The molecule has 0 heterocycles. The standard InChI is InChI=1S/C14H15N3/c15-8-11-4-6-12(7-5-11)10-17-14-3-1-2-13(14)9-16/h4-7,13-14,17H,1-3,10H2. The Hall–Kier alpha value is -1.84. The van der Waals surface area contributed by atoms with Crippen LogP contribution in [0, 0.1) is 28.6 Å². The monoisotopic (exact) mass is 225 g/mol. The van der Waals surface area contributed by atoms with Crippen molar-refractivity contribution in [3.8, 4) is 12.1 Å². The van der Waals surface area contributed by atoms with Crippen molar-refractivity contribution in [2.75, 3.05) is 0 Å². The molecule has 3 nitrogen and oxygen atoms in total. The lowest BCUT2D eigenvalue weighted by atomic mass is 10.1. The molecule has 1 aliphatic carbocycles. The van der Waals surface area contributed by atoms with Crippen molar-refractivity contribution in [2.45, 2.75) is 31.8 Å². The first-order valence-electron chi connectivity index (χ1n) is 5.95. The zero-order valence-electron chi connectivity index (χ0n) is 9.69. The Balaban J connectivity index is 1.89. The van der Waals surface area contributed by atoms with E-state index in [0.717, 1.165) is 31.4 Å². The van der Waals surface area contributed by atoms with E-state index in [1.807, 2.05) is 24.3 Å². The summed E-state index contributed by atoms with van der Waals surface area (Å²) in [6.07, 6.45) is 3.25. The van der Waals surface area contributed by atoms with Crippen molar-refractivity contribution in [3.63, 3.8) is 0 Å². The number of hydrogen-bond donors (Lipinski definition) is 1. The molecule has 0 saturated heterocycles. The zero-order valence-corrected chi connectivity index (χ0v) is 9.69. The summed E-state index contributed by atoms with van der Waals surface area (Å²) >= 11 is 0. The predicted molar refractivity (Wildman–Crippen MR) is 64.7 cm³/mol. The van der Waals surface area contributed by atoms with Crippen LogP contribution >= 0.6 is 0 Å². The third-order valence-corrected chi connectivity index (χ3v) is 3.33. The highest BCUT2D eigenvalue weighted by Crippen LogP contribution is 2.25. The molecule has 0 aliphatic heterocycles. The van der Waals surface area contributed by atoms with Crippen LogP contribution in [-0.4, -0.2) is 6.04 Å². The van der Waals surface area contributed by atoms with Crippen LogP contribution in [0.15, 0.2) is 24.3 Å². The molecule has 0 bridgehead atoms. The van der Waals surface area contributed by atoms with Gasteiger partial charge in [-0.25, -0.2) is 0 Å². The third-order valence-electron chi connectivity index (χ3n) is 3.33. The van der Waals surface area contributed by atoms with E-state index < -0.39 is 0 Å². The van der Waals surface area contributed by atoms with E-state index in [4.69, 9.17) is 10.5 Å². The van der Waals surface area contributed by atoms with Gasteiger partial charge in [-0.15, -0.1) is 0 Å². The summed E-state index contributed by atoms with van der Waals surface area (Å²) < 4.78 is 0. The molecule has 1 fully saturated rings. The topological polar surface area (TPSA) is 59.6 Å². The van der Waals surface area contributed by atoms with Gasteiger partial charge in [0, 0.05) is 12.6 Å². The molecule has 1 saturated carbocycles. The van der Waals surface area contributed by atoms with Gasteiger partial charge in [0.1, 0.15) is 0 Å². The van der Waals surface area contributed by atoms with Gasteiger partial charge >= 0.3 is 0 Å². The minimum absolute atomic E-state index is 0.161. The van der Waals surface area contributed by atoms with Crippen LogP contribution in [0.4, 0.5) is 0 Å². The highest BCUT2D eigenvalue weighted by atomic mass is 14.9. The van der Waals surface area contributed by atoms with Crippen molar-refractivity contribution in [3.05, 3.63) is 35.4 Å². The number of nitriles is 2. The average Bonchev–Trinajstić information content (AvgIpc) is 2.84. The lowest BCUT2D eigenvalue weighted by Gasteiger charge is -2.15. The van der Waals surface area contributed by atoms with Gasteiger partial charge in [0.05, 0.1) is 23.6 Å². The van der Waals surface area contributed by atoms with E-state index in [-0.39, 0.29) is 5.92 Å². The Kier molecular flexibility index (Phi) is 3.75. The summed E-state index contributed by atoms with van der Waals surface area (Å²) in [5.41, 5.74) is 1.84. The average molecular weight is 225 g/mol. The minimum Gasteiger partial charge on any atom is -0.309 e. The minimum atomic E-state index is 0.161. The first-order chi connectivity index (χ1) is 8.33. The number of hydrogen-bond acceptors (Lipinski definition) is 3. The summed E-state index contributed by atoms with van der Waals surface area (Å²) in [5.74, 6) is 0.161. The molecule has 1 aliphatic rings. The fourth-order valence-corrected chi connectivity index (χ4v) is 2.30. The molecule has 0 aromatic heterocycles. The van der Waals surface area contributed by atoms with Gasteiger partial charge in [-0.3, -0.25) is 0 Å². The second-order valence-corrected chi connectivity index (χ2v) is 4.46. The van der Waals surface area contributed by atoms with Crippen molar-refractivity contribution in [1.82, 2.24) is 5.32 Å². The van der Waals surface area contributed by atoms with Crippen LogP contribution in [0.25, 0.3) is 0 Å². The Morgan fingerprint density at radius 2 is 1.94 bits per heavy atom.